The second-order valence-corrected chi connectivity index (χ2v) is 15.0. The van der Waals surface area contributed by atoms with Gasteiger partial charge in [0.25, 0.3) is 0 Å². The molecule has 0 rings (SSSR count). The highest BCUT2D eigenvalue weighted by molar-refractivity contribution is 5.71. The lowest BCUT2D eigenvalue weighted by Gasteiger charge is -2.18. The quantitative estimate of drug-likeness (QED) is 0.0268. The van der Waals surface area contributed by atoms with Gasteiger partial charge in [-0.15, -0.1) is 0 Å². The molecule has 6 heteroatoms. The standard InChI is InChI=1S/C48H84O6/c1-4-7-10-13-16-18-20-22-24-26-28-30-32-35-37-40-46(49)52-43-45(54-48(51)42-39-34-15-12-9-6-3)44-53-47(50)41-38-36-33-31-29-27-25-23-21-19-17-14-11-8-5-2/h16-19,22-25,45H,4-15,20-21,26-44H2,1-3H3/b18-16+,19-17+,24-22+,25-23+. The molecular weight excluding hydrogens is 673 g/mol. The zero-order valence-corrected chi connectivity index (χ0v) is 35.5. The Bertz CT molecular complexity index is 902. The average Bonchev–Trinajstić information content (AvgIpc) is 3.17. The fourth-order valence-corrected chi connectivity index (χ4v) is 6.09. The topological polar surface area (TPSA) is 78.9 Å². The number of hydrogen-bond donors (Lipinski definition) is 0. The van der Waals surface area contributed by atoms with Crippen LogP contribution >= 0.6 is 0 Å². The van der Waals surface area contributed by atoms with Crippen LogP contribution in [0.25, 0.3) is 0 Å². The SMILES string of the molecule is CCCCC/C=C/C/C=C/CCCCCCCC(=O)OCC(COC(=O)CCCCCCC/C=C/C/C=C/CCCCC)OC(=O)CCCCCCCC. The van der Waals surface area contributed by atoms with E-state index in [9.17, 15) is 14.4 Å². The molecule has 0 spiro atoms. The Balaban J connectivity index is 4.28. The maximum atomic E-state index is 12.6. The Morgan fingerprint density at radius 2 is 0.667 bits per heavy atom. The lowest BCUT2D eigenvalue weighted by atomic mass is 10.1. The smallest absolute Gasteiger partial charge is 0.306 e. The van der Waals surface area contributed by atoms with E-state index in [2.05, 4.69) is 69.4 Å². The molecule has 0 bridgehead atoms. The molecule has 0 saturated heterocycles. The van der Waals surface area contributed by atoms with Crippen LogP contribution in [0.5, 0.6) is 0 Å². The first-order valence-corrected chi connectivity index (χ1v) is 22.6. The molecule has 54 heavy (non-hydrogen) atoms. The van der Waals surface area contributed by atoms with Crippen LogP contribution in [0.2, 0.25) is 0 Å². The van der Waals surface area contributed by atoms with E-state index in [0.29, 0.717) is 19.3 Å². The van der Waals surface area contributed by atoms with Crippen molar-refractivity contribution in [1.82, 2.24) is 0 Å². The summed E-state index contributed by atoms with van der Waals surface area (Å²) in [6.45, 7) is 6.49. The number of carbonyl (C=O) groups excluding carboxylic acids is 3. The lowest BCUT2D eigenvalue weighted by Crippen LogP contribution is -2.30. The first-order valence-electron chi connectivity index (χ1n) is 22.6. The van der Waals surface area contributed by atoms with Gasteiger partial charge in [0.05, 0.1) is 0 Å². The number of esters is 3. The van der Waals surface area contributed by atoms with Gasteiger partial charge in [0.1, 0.15) is 13.2 Å². The summed E-state index contributed by atoms with van der Waals surface area (Å²) in [5.41, 5.74) is 0. The van der Waals surface area contributed by atoms with Gasteiger partial charge >= 0.3 is 17.9 Å². The molecule has 0 atom stereocenters. The number of ether oxygens (including phenoxy) is 3. The number of carbonyl (C=O) groups is 3. The minimum absolute atomic E-state index is 0.0850. The minimum atomic E-state index is -0.778. The second kappa shape index (κ2) is 43.1. The van der Waals surface area contributed by atoms with Crippen molar-refractivity contribution < 1.29 is 28.6 Å². The molecule has 0 aromatic carbocycles. The molecule has 312 valence electrons. The zero-order valence-electron chi connectivity index (χ0n) is 35.5. The third-order valence-corrected chi connectivity index (χ3v) is 9.56. The van der Waals surface area contributed by atoms with Crippen molar-refractivity contribution in [1.29, 1.82) is 0 Å². The largest absolute Gasteiger partial charge is 0.462 e. The number of allylic oxidation sites excluding steroid dienone is 8. The molecule has 0 aromatic heterocycles. The van der Waals surface area contributed by atoms with Crippen molar-refractivity contribution in [3.63, 3.8) is 0 Å². The molecular formula is C48H84O6. The molecule has 6 nitrogen and oxygen atoms in total. The fraction of sp³-hybridized carbons (Fsp3) is 0.771. The maximum absolute atomic E-state index is 12.6. The summed E-state index contributed by atoms with van der Waals surface area (Å²) in [5.74, 6) is -0.923. The van der Waals surface area contributed by atoms with E-state index in [4.69, 9.17) is 14.2 Å². The van der Waals surface area contributed by atoms with E-state index in [-0.39, 0.29) is 31.1 Å². The van der Waals surface area contributed by atoms with Gasteiger partial charge in [0.2, 0.25) is 0 Å². The van der Waals surface area contributed by atoms with Gasteiger partial charge in [0.15, 0.2) is 6.10 Å². The van der Waals surface area contributed by atoms with Gasteiger partial charge in [-0.25, -0.2) is 0 Å². The normalized spacial score (nSPS) is 11.9. The molecule has 0 N–H and O–H groups in total. The molecule has 0 heterocycles. The zero-order chi connectivity index (χ0) is 39.4. The van der Waals surface area contributed by atoms with E-state index in [0.717, 1.165) is 96.3 Å². The molecule has 0 aliphatic heterocycles. The predicted molar refractivity (Wildman–Crippen MR) is 229 cm³/mol. The Labute approximate surface area is 333 Å². The van der Waals surface area contributed by atoms with Crippen molar-refractivity contribution in [2.75, 3.05) is 13.2 Å². The van der Waals surface area contributed by atoms with Crippen molar-refractivity contribution in [3.05, 3.63) is 48.6 Å². The summed E-state index contributed by atoms with van der Waals surface area (Å²) in [4.78, 5) is 37.5. The van der Waals surface area contributed by atoms with E-state index in [1.807, 2.05) is 0 Å². The van der Waals surface area contributed by atoms with Gasteiger partial charge < -0.3 is 14.2 Å². The van der Waals surface area contributed by atoms with E-state index >= 15 is 0 Å². The Morgan fingerprint density at radius 3 is 1.06 bits per heavy atom. The van der Waals surface area contributed by atoms with Crippen LogP contribution in [-0.2, 0) is 28.6 Å². The van der Waals surface area contributed by atoms with Crippen molar-refractivity contribution in [3.8, 4) is 0 Å². The van der Waals surface area contributed by atoms with Gasteiger partial charge in [-0.2, -0.15) is 0 Å². The molecule has 0 unspecified atom stereocenters. The average molecular weight is 757 g/mol. The van der Waals surface area contributed by atoms with Crippen LogP contribution in [0.3, 0.4) is 0 Å². The lowest BCUT2D eigenvalue weighted by molar-refractivity contribution is -0.167. The monoisotopic (exact) mass is 757 g/mol. The minimum Gasteiger partial charge on any atom is -0.462 e. The van der Waals surface area contributed by atoms with Crippen LogP contribution in [0.1, 0.15) is 220 Å². The summed E-state index contributed by atoms with van der Waals surface area (Å²) in [5, 5.41) is 0. The molecule has 0 amide bonds. The molecule has 0 aliphatic rings. The maximum Gasteiger partial charge on any atom is 0.306 e. The van der Waals surface area contributed by atoms with E-state index in [1.165, 1.54) is 83.5 Å². The Kier molecular flexibility index (Phi) is 41.0. The van der Waals surface area contributed by atoms with E-state index < -0.39 is 6.10 Å². The van der Waals surface area contributed by atoms with Crippen LogP contribution in [-0.4, -0.2) is 37.2 Å². The highest BCUT2D eigenvalue weighted by Crippen LogP contribution is 2.13. The number of rotatable bonds is 40. The highest BCUT2D eigenvalue weighted by Gasteiger charge is 2.19. The summed E-state index contributed by atoms with van der Waals surface area (Å²) in [6.07, 6.45) is 49.6. The summed E-state index contributed by atoms with van der Waals surface area (Å²) < 4.78 is 16.6. The number of hydrogen-bond acceptors (Lipinski definition) is 6. The molecule has 0 aromatic rings. The highest BCUT2D eigenvalue weighted by atomic mass is 16.6. The molecule has 0 fully saturated rings. The summed E-state index contributed by atoms with van der Waals surface area (Å²) >= 11 is 0. The van der Waals surface area contributed by atoms with Gasteiger partial charge in [-0.05, 0) is 83.5 Å². The molecule has 0 saturated carbocycles. The second-order valence-electron chi connectivity index (χ2n) is 15.0. The first-order chi connectivity index (χ1) is 26.5. The van der Waals surface area contributed by atoms with Crippen molar-refractivity contribution in [2.24, 2.45) is 0 Å². The summed E-state index contributed by atoms with van der Waals surface area (Å²) in [6, 6.07) is 0. The van der Waals surface area contributed by atoms with Gasteiger partial charge in [-0.1, -0.05) is 166 Å². The van der Waals surface area contributed by atoms with Crippen molar-refractivity contribution in [2.45, 2.75) is 226 Å². The predicted octanol–water partition coefficient (Wildman–Crippen LogP) is 14.4. The molecule has 0 aliphatic carbocycles. The fourth-order valence-electron chi connectivity index (χ4n) is 6.09. The van der Waals surface area contributed by atoms with Crippen LogP contribution < -0.4 is 0 Å². The summed E-state index contributed by atoms with van der Waals surface area (Å²) in [7, 11) is 0. The molecule has 0 radical (unpaired) electrons. The third-order valence-electron chi connectivity index (χ3n) is 9.56. The van der Waals surface area contributed by atoms with Crippen LogP contribution in [0.15, 0.2) is 48.6 Å². The van der Waals surface area contributed by atoms with Gasteiger partial charge in [0, 0.05) is 19.3 Å². The van der Waals surface area contributed by atoms with Gasteiger partial charge in [-0.3, -0.25) is 14.4 Å². The van der Waals surface area contributed by atoms with Crippen molar-refractivity contribution >= 4 is 17.9 Å². The van der Waals surface area contributed by atoms with Crippen LogP contribution in [0, 0.1) is 0 Å². The third kappa shape index (κ3) is 40.6. The van der Waals surface area contributed by atoms with Crippen LogP contribution in [0.4, 0.5) is 0 Å². The first kappa shape index (κ1) is 51.4. The van der Waals surface area contributed by atoms with E-state index in [1.54, 1.807) is 0 Å². The Morgan fingerprint density at radius 1 is 0.370 bits per heavy atom. The Hall–Kier alpha value is -2.63. The number of unbranched alkanes of at least 4 members (excludes halogenated alkanes) is 21.